The number of aromatic nitrogens is 2. The van der Waals surface area contributed by atoms with Gasteiger partial charge in [0.25, 0.3) is 0 Å². The van der Waals surface area contributed by atoms with Crippen LogP contribution in [0.25, 0.3) is 0 Å². The number of hydrogen-bond donors (Lipinski definition) is 0. The first-order chi connectivity index (χ1) is 13.3. The van der Waals surface area contributed by atoms with Gasteiger partial charge in [0.1, 0.15) is 17.1 Å². The molecule has 0 unspecified atom stereocenters. The molecule has 0 bridgehead atoms. The molecule has 28 heavy (non-hydrogen) atoms. The van der Waals surface area contributed by atoms with Crippen LogP contribution in [0.5, 0.6) is 0 Å². The lowest BCUT2D eigenvalue weighted by Crippen LogP contribution is -2.48. The number of piperidine rings is 1. The second-order valence-electron chi connectivity index (χ2n) is 8.73. The average molecular weight is 381 g/mol. The summed E-state index contributed by atoms with van der Waals surface area (Å²) in [5, 5.41) is 0. The largest absolute Gasteiger partial charge is 0.444 e. The predicted octanol–water partition coefficient (Wildman–Crippen LogP) is 3.57. The van der Waals surface area contributed by atoms with Crippen molar-refractivity contribution in [3.05, 3.63) is 53.1 Å². The van der Waals surface area contributed by atoms with E-state index in [9.17, 15) is 9.59 Å². The Labute approximate surface area is 165 Å². The summed E-state index contributed by atoms with van der Waals surface area (Å²) in [6, 6.07) is 8.49. The molecule has 1 saturated heterocycles. The first kappa shape index (κ1) is 18.7. The van der Waals surface area contributed by atoms with E-state index in [1.807, 2.05) is 20.8 Å². The number of amides is 1. The topological polar surface area (TPSA) is 64.4 Å². The first-order valence-electron chi connectivity index (χ1n) is 9.91. The Balaban J connectivity index is 1.70. The average Bonchev–Trinajstić information content (AvgIpc) is 3.03. The third kappa shape index (κ3) is 3.11. The van der Waals surface area contributed by atoms with Gasteiger partial charge >= 0.3 is 6.09 Å². The van der Waals surface area contributed by atoms with Gasteiger partial charge in [-0.25, -0.2) is 9.78 Å². The molecular formula is C22H27N3O3. The van der Waals surface area contributed by atoms with Gasteiger partial charge in [0, 0.05) is 19.6 Å². The quantitative estimate of drug-likeness (QED) is 0.709. The number of imidazole rings is 1. The van der Waals surface area contributed by atoms with Crippen molar-refractivity contribution in [3.63, 3.8) is 0 Å². The second kappa shape index (κ2) is 6.76. The standard InChI is InChI=1S/C22H27N3O3/c1-21(2,3)28-20(27)24-12-9-22(10-13-24)18-7-5-4-6-16(18)8-11-25-17(15-26)14-23-19(22)25/h4-7,14-15H,8-13H2,1-3H3. The molecule has 0 radical (unpaired) electrons. The second-order valence-corrected chi connectivity index (χ2v) is 8.73. The summed E-state index contributed by atoms with van der Waals surface area (Å²) in [5.74, 6) is 0.948. The molecule has 1 fully saturated rings. The van der Waals surface area contributed by atoms with Crippen LogP contribution in [0.15, 0.2) is 30.5 Å². The highest BCUT2D eigenvalue weighted by atomic mass is 16.6. The molecular weight excluding hydrogens is 354 g/mol. The Morgan fingerprint density at radius 2 is 1.89 bits per heavy atom. The van der Waals surface area contributed by atoms with Crippen molar-refractivity contribution in [2.75, 3.05) is 13.1 Å². The molecule has 148 valence electrons. The third-order valence-corrected chi connectivity index (χ3v) is 5.84. The van der Waals surface area contributed by atoms with Gasteiger partial charge in [0.2, 0.25) is 0 Å². The van der Waals surface area contributed by atoms with Gasteiger partial charge in [-0.1, -0.05) is 24.3 Å². The number of benzene rings is 1. The van der Waals surface area contributed by atoms with Gasteiger partial charge in [0.15, 0.2) is 6.29 Å². The monoisotopic (exact) mass is 381 g/mol. The summed E-state index contributed by atoms with van der Waals surface area (Å²) >= 11 is 0. The molecule has 1 aromatic carbocycles. The fraction of sp³-hybridized carbons (Fsp3) is 0.500. The number of carbonyl (C=O) groups excluding carboxylic acids is 2. The van der Waals surface area contributed by atoms with Gasteiger partial charge in [-0.2, -0.15) is 0 Å². The van der Waals surface area contributed by atoms with E-state index in [2.05, 4.69) is 33.8 Å². The van der Waals surface area contributed by atoms with E-state index in [0.717, 1.165) is 37.9 Å². The van der Waals surface area contributed by atoms with Gasteiger partial charge in [-0.3, -0.25) is 4.79 Å². The maximum Gasteiger partial charge on any atom is 0.410 e. The van der Waals surface area contributed by atoms with Gasteiger partial charge in [-0.15, -0.1) is 0 Å². The Hall–Kier alpha value is -2.63. The molecule has 3 heterocycles. The van der Waals surface area contributed by atoms with Gasteiger partial charge in [0.05, 0.1) is 11.6 Å². The number of rotatable bonds is 1. The van der Waals surface area contributed by atoms with Crippen LogP contribution in [0.4, 0.5) is 4.79 Å². The van der Waals surface area contributed by atoms with Crippen LogP contribution in [0.1, 0.15) is 61.1 Å². The van der Waals surface area contributed by atoms with Crippen molar-refractivity contribution < 1.29 is 14.3 Å². The molecule has 4 rings (SSSR count). The summed E-state index contributed by atoms with van der Waals surface area (Å²) in [5.41, 5.74) is 2.41. The molecule has 6 nitrogen and oxygen atoms in total. The summed E-state index contributed by atoms with van der Waals surface area (Å²) in [7, 11) is 0. The van der Waals surface area contributed by atoms with Crippen LogP contribution in [0.2, 0.25) is 0 Å². The van der Waals surface area contributed by atoms with Crippen molar-refractivity contribution in [3.8, 4) is 0 Å². The Morgan fingerprint density at radius 3 is 2.57 bits per heavy atom. The lowest BCUT2D eigenvalue weighted by atomic mass is 9.70. The van der Waals surface area contributed by atoms with Crippen molar-refractivity contribution in [2.24, 2.45) is 0 Å². The summed E-state index contributed by atoms with van der Waals surface area (Å²) in [6.45, 7) is 7.61. The van der Waals surface area contributed by atoms with E-state index in [1.165, 1.54) is 11.1 Å². The maximum atomic E-state index is 12.5. The number of hydrogen-bond acceptors (Lipinski definition) is 4. The van der Waals surface area contributed by atoms with Crippen molar-refractivity contribution >= 4 is 12.4 Å². The highest BCUT2D eigenvalue weighted by molar-refractivity contribution is 5.72. The van der Waals surface area contributed by atoms with Crippen molar-refractivity contribution in [2.45, 2.75) is 57.6 Å². The summed E-state index contributed by atoms with van der Waals surface area (Å²) < 4.78 is 7.62. The van der Waals surface area contributed by atoms with Gasteiger partial charge in [-0.05, 0) is 51.2 Å². The van der Waals surface area contributed by atoms with E-state index in [4.69, 9.17) is 4.74 Å². The Bertz CT molecular complexity index is 902. The molecule has 2 aromatic rings. The minimum atomic E-state index is -0.504. The summed E-state index contributed by atoms with van der Waals surface area (Å²) in [4.78, 5) is 30.6. The number of carbonyl (C=O) groups is 2. The van der Waals surface area contributed by atoms with E-state index in [0.29, 0.717) is 18.8 Å². The van der Waals surface area contributed by atoms with Crippen molar-refractivity contribution in [1.82, 2.24) is 14.5 Å². The zero-order chi connectivity index (χ0) is 19.9. The molecule has 2 aliphatic rings. The predicted molar refractivity (Wildman–Crippen MR) is 106 cm³/mol. The number of nitrogens with zero attached hydrogens (tertiary/aromatic N) is 3. The molecule has 1 amide bonds. The molecule has 6 heteroatoms. The molecule has 0 aliphatic carbocycles. The molecule has 0 atom stereocenters. The van der Waals surface area contributed by atoms with E-state index in [-0.39, 0.29) is 11.5 Å². The fourth-order valence-electron chi connectivity index (χ4n) is 4.55. The molecule has 0 saturated carbocycles. The molecule has 0 N–H and O–H groups in total. The van der Waals surface area contributed by atoms with Crippen LogP contribution >= 0.6 is 0 Å². The number of aryl methyl sites for hydroxylation is 1. The van der Waals surface area contributed by atoms with E-state index in [1.54, 1.807) is 11.1 Å². The zero-order valence-electron chi connectivity index (χ0n) is 16.8. The highest BCUT2D eigenvalue weighted by Crippen LogP contribution is 2.44. The highest BCUT2D eigenvalue weighted by Gasteiger charge is 2.45. The Kier molecular flexibility index (Phi) is 4.52. The smallest absolute Gasteiger partial charge is 0.410 e. The van der Waals surface area contributed by atoms with Crippen LogP contribution in [0, 0.1) is 0 Å². The van der Waals surface area contributed by atoms with Crippen LogP contribution in [-0.4, -0.2) is 45.5 Å². The molecule has 1 spiro atoms. The minimum absolute atomic E-state index is 0.263. The number of likely N-dealkylation sites (tertiary alicyclic amines) is 1. The minimum Gasteiger partial charge on any atom is -0.444 e. The number of fused-ring (bicyclic) bond motifs is 4. The third-order valence-electron chi connectivity index (χ3n) is 5.84. The first-order valence-corrected chi connectivity index (χ1v) is 9.91. The van der Waals surface area contributed by atoms with E-state index < -0.39 is 5.60 Å². The fourth-order valence-corrected chi connectivity index (χ4v) is 4.55. The Morgan fingerprint density at radius 1 is 1.18 bits per heavy atom. The van der Waals surface area contributed by atoms with Crippen LogP contribution in [-0.2, 0) is 23.1 Å². The number of ether oxygens (including phenoxy) is 1. The molecule has 1 aromatic heterocycles. The lowest BCUT2D eigenvalue weighted by Gasteiger charge is -2.42. The zero-order valence-corrected chi connectivity index (χ0v) is 16.8. The SMILES string of the molecule is CC(C)(C)OC(=O)N1CCC2(CC1)c1ccccc1CCn1c(C=O)cnc12. The number of aldehydes is 1. The van der Waals surface area contributed by atoms with E-state index >= 15 is 0 Å². The van der Waals surface area contributed by atoms with Crippen LogP contribution in [0.3, 0.4) is 0 Å². The normalized spacial score (nSPS) is 18.2. The maximum absolute atomic E-state index is 12.5. The van der Waals surface area contributed by atoms with Gasteiger partial charge < -0.3 is 14.2 Å². The molecule has 2 aliphatic heterocycles. The van der Waals surface area contributed by atoms with Crippen molar-refractivity contribution in [1.29, 1.82) is 0 Å². The van der Waals surface area contributed by atoms with Crippen LogP contribution < -0.4 is 0 Å². The lowest BCUT2D eigenvalue weighted by molar-refractivity contribution is 0.0176. The summed E-state index contributed by atoms with van der Waals surface area (Å²) in [6.07, 6.45) is 4.70.